The molecule has 3 nitrogen and oxygen atoms in total. The molecule has 0 spiro atoms. The van der Waals surface area contributed by atoms with E-state index in [0.29, 0.717) is 12.3 Å². The molecule has 2 aromatic carbocycles. The summed E-state index contributed by atoms with van der Waals surface area (Å²) in [5.41, 5.74) is 10.4. The average molecular weight is 242 g/mol. The van der Waals surface area contributed by atoms with E-state index in [9.17, 15) is 5.11 Å². The molecule has 2 aromatic rings. The molecule has 18 heavy (non-hydrogen) atoms. The second-order valence-corrected chi connectivity index (χ2v) is 4.46. The fourth-order valence-corrected chi connectivity index (χ4v) is 1.91. The highest BCUT2D eigenvalue weighted by molar-refractivity contribution is 5.60. The Morgan fingerprint density at radius 3 is 2.56 bits per heavy atom. The van der Waals surface area contributed by atoms with Crippen molar-refractivity contribution < 1.29 is 5.11 Å². The van der Waals surface area contributed by atoms with Crippen LogP contribution in [0.2, 0.25) is 0 Å². The van der Waals surface area contributed by atoms with Crippen LogP contribution in [0.25, 0.3) is 0 Å². The Morgan fingerprint density at radius 1 is 1.11 bits per heavy atom. The fourth-order valence-electron chi connectivity index (χ4n) is 1.91. The molecule has 0 unspecified atom stereocenters. The zero-order valence-corrected chi connectivity index (χ0v) is 10.7. The predicted molar refractivity (Wildman–Crippen MR) is 75.8 cm³/mol. The van der Waals surface area contributed by atoms with E-state index >= 15 is 0 Å². The van der Waals surface area contributed by atoms with Gasteiger partial charge in [-0.2, -0.15) is 0 Å². The minimum absolute atomic E-state index is 0.348. The van der Waals surface area contributed by atoms with Crippen LogP contribution in [0.15, 0.2) is 36.4 Å². The monoisotopic (exact) mass is 242 g/mol. The molecule has 0 saturated carbocycles. The molecule has 0 radical (unpaired) electrons. The lowest BCUT2D eigenvalue weighted by Gasteiger charge is -2.13. The highest BCUT2D eigenvalue weighted by Gasteiger charge is 2.06. The van der Waals surface area contributed by atoms with E-state index in [1.807, 2.05) is 50.2 Å². The number of phenolic OH excluding ortho intramolecular Hbond substituents is 1. The molecule has 0 aliphatic rings. The number of hydrogen-bond acceptors (Lipinski definition) is 3. The Kier molecular flexibility index (Phi) is 3.42. The molecule has 0 heterocycles. The number of aromatic hydroxyl groups is 1. The molecule has 0 amide bonds. The van der Waals surface area contributed by atoms with Crippen LogP contribution in [-0.2, 0) is 6.54 Å². The second-order valence-electron chi connectivity index (χ2n) is 4.46. The van der Waals surface area contributed by atoms with Crippen LogP contribution in [0.5, 0.6) is 5.75 Å². The van der Waals surface area contributed by atoms with Crippen LogP contribution in [0.4, 0.5) is 11.4 Å². The lowest BCUT2D eigenvalue weighted by atomic mass is 10.1. The molecule has 0 saturated heterocycles. The van der Waals surface area contributed by atoms with Crippen LogP contribution in [-0.4, -0.2) is 5.11 Å². The number of hydrogen-bond donors (Lipinski definition) is 3. The van der Waals surface area contributed by atoms with Crippen molar-refractivity contribution in [1.29, 1.82) is 0 Å². The van der Waals surface area contributed by atoms with Gasteiger partial charge in [0.15, 0.2) is 0 Å². The Bertz CT molecular complexity index is 564. The SMILES string of the molecule is Cc1ccc(NCc2ccccc2N)c(C)c1O. The zero-order chi connectivity index (χ0) is 13.1. The van der Waals surface area contributed by atoms with E-state index in [-0.39, 0.29) is 0 Å². The van der Waals surface area contributed by atoms with Crippen molar-refractivity contribution in [2.24, 2.45) is 0 Å². The van der Waals surface area contributed by atoms with Crippen molar-refractivity contribution in [3.63, 3.8) is 0 Å². The van der Waals surface area contributed by atoms with Gasteiger partial charge in [-0.3, -0.25) is 0 Å². The fraction of sp³-hybridized carbons (Fsp3) is 0.200. The quantitative estimate of drug-likeness (QED) is 0.724. The van der Waals surface area contributed by atoms with Gasteiger partial charge in [0.2, 0.25) is 0 Å². The summed E-state index contributed by atoms with van der Waals surface area (Å²) >= 11 is 0. The number of aryl methyl sites for hydroxylation is 1. The summed E-state index contributed by atoms with van der Waals surface area (Å²) in [6.45, 7) is 4.44. The van der Waals surface area contributed by atoms with Gasteiger partial charge in [0.1, 0.15) is 5.75 Å². The van der Waals surface area contributed by atoms with Gasteiger partial charge in [0, 0.05) is 23.5 Å². The average Bonchev–Trinajstić information content (AvgIpc) is 2.37. The van der Waals surface area contributed by atoms with Gasteiger partial charge in [0.25, 0.3) is 0 Å². The largest absolute Gasteiger partial charge is 0.507 e. The van der Waals surface area contributed by atoms with Crippen molar-refractivity contribution in [2.75, 3.05) is 11.1 Å². The highest BCUT2D eigenvalue weighted by atomic mass is 16.3. The third kappa shape index (κ3) is 2.40. The van der Waals surface area contributed by atoms with E-state index < -0.39 is 0 Å². The van der Waals surface area contributed by atoms with E-state index in [1.165, 1.54) is 0 Å². The predicted octanol–water partition coefficient (Wildman–Crippen LogP) is 3.20. The summed E-state index contributed by atoms with van der Waals surface area (Å²) in [4.78, 5) is 0. The molecule has 0 aliphatic heterocycles. The van der Waals surface area contributed by atoms with Gasteiger partial charge in [-0.15, -0.1) is 0 Å². The normalized spacial score (nSPS) is 10.3. The number of nitrogen functional groups attached to an aromatic ring is 1. The minimum Gasteiger partial charge on any atom is -0.507 e. The van der Waals surface area contributed by atoms with Crippen LogP contribution in [0.1, 0.15) is 16.7 Å². The zero-order valence-electron chi connectivity index (χ0n) is 10.7. The molecule has 0 bridgehead atoms. The van der Waals surface area contributed by atoms with Gasteiger partial charge >= 0.3 is 0 Å². The number of nitrogens with two attached hydrogens (primary N) is 1. The van der Waals surface area contributed by atoms with E-state index in [0.717, 1.165) is 28.1 Å². The summed E-state index contributed by atoms with van der Waals surface area (Å²) in [7, 11) is 0. The Hall–Kier alpha value is -2.16. The molecular weight excluding hydrogens is 224 g/mol. The van der Waals surface area contributed by atoms with Crippen molar-refractivity contribution in [2.45, 2.75) is 20.4 Å². The standard InChI is InChI=1S/C15H18N2O/c1-10-7-8-14(11(2)15(10)18)17-9-12-5-3-4-6-13(12)16/h3-8,17-18H,9,16H2,1-2H3. The van der Waals surface area contributed by atoms with Crippen LogP contribution in [0.3, 0.4) is 0 Å². The first-order valence-electron chi connectivity index (χ1n) is 5.96. The Labute approximate surface area is 107 Å². The number of rotatable bonds is 3. The molecule has 0 aromatic heterocycles. The van der Waals surface area contributed by atoms with Gasteiger partial charge in [-0.1, -0.05) is 24.3 Å². The molecule has 94 valence electrons. The Balaban J connectivity index is 2.17. The van der Waals surface area contributed by atoms with E-state index in [4.69, 9.17) is 5.73 Å². The molecule has 0 atom stereocenters. The topological polar surface area (TPSA) is 58.3 Å². The van der Waals surface area contributed by atoms with E-state index in [1.54, 1.807) is 0 Å². The van der Waals surface area contributed by atoms with Crippen LogP contribution in [0, 0.1) is 13.8 Å². The van der Waals surface area contributed by atoms with Gasteiger partial charge in [0.05, 0.1) is 0 Å². The Morgan fingerprint density at radius 2 is 1.83 bits per heavy atom. The third-order valence-corrected chi connectivity index (χ3v) is 3.16. The number of anilines is 2. The van der Waals surface area contributed by atoms with Crippen molar-refractivity contribution in [3.8, 4) is 5.75 Å². The van der Waals surface area contributed by atoms with Gasteiger partial charge in [-0.25, -0.2) is 0 Å². The second kappa shape index (κ2) is 5.00. The molecule has 4 N–H and O–H groups in total. The lowest BCUT2D eigenvalue weighted by Crippen LogP contribution is -2.04. The highest BCUT2D eigenvalue weighted by Crippen LogP contribution is 2.28. The smallest absolute Gasteiger partial charge is 0.123 e. The van der Waals surface area contributed by atoms with Crippen molar-refractivity contribution in [3.05, 3.63) is 53.1 Å². The van der Waals surface area contributed by atoms with Gasteiger partial charge < -0.3 is 16.2 Å². The first-order chi connectivity index (χ1) is 8.59. The first kappa shape index (κ1) is 12.3. The summed E-state index contributed by atoms with van der Waals surface area (Å²) in [6, 6.07) is 11.6. The molecule has 2 rings (SSSR count). The van der Waals surface area contributed by atoms with Crippen LogP contribution >= 0.6 is 0 Å². The number of phenols is 1. The third-order valence-electron chi connectivity index (χ3n) is 3.16. The lowest BCUT2D eigenvalue weighted by molar-refractivity contribution is 0.467. The summed E-state index contributed by atoms with van der Waals surface area (Å²) in [5, 5.41) is 13.2. The summed E-state index contributed by atoms with van der Waals surface area (Å²) in [5.74, 6) is 0.348. The van der Waals surface area contributed by atoms with Crippen LogP contribution < -0.4 is 11.1 Å². The van der Waals surface area contributed by atoms with E-state index in [2.05, 4.69) is 5.32 Å². The number of para-hydroxylation sites is 1. The van der Waals surface area contributed by atoms with Crippen molar-refractivity contribution in [1.82, 2.24) is 0 Å². The minimum atomic E-state index is 0.348. The number of nitrogens with one attached hydrogen (secondary N) is 1. The number of benzene rings is 2. The molecule has 0 fully saturated rings. The maximum atomic E-state index is 9.87. The molecular formula is C15H18N2O. The van der Waals surface area contributed by atoms with Crippen molar-refractivity contribution >= 4 is 11.4 Å². The maximum Gasteiger partial charge on any atom is 0.123 e. The van der Waals surface area contributed by atoms with Gasteiger partial charge in [-0.05, 0) is 37.1 Å². The molecule has 0 aliphatic carbocycles. The summed E-state index contributed by atoms with van der Waals surface area (Å²) < 4.78 is 0. The first-order valence-corrected chi connectivity index (χ1v) is 5.96. The summed E-state index contributed by atoms with van der Waals surface area (Å²) in [6.07, 6.45) is 0. The maximum absolute atomic E-state index is 9.87. The molecule has 3 heteroatoms.